The predicted octanol–water partition coefficient (Wildman–Crippen LogP) is 3.35. The van der Waals surface area contributed by atoms with Crippen molar-refractivity contribution < 1.29 is 4.74 Å². The van der Waals surface area contributed by atoms with E-state index in [1.54, 1.807) is 0 Å². The predicted molar refractivity (Wildman–Crippen MR) is 57.1 cm³/mol. The molecule has 0 saturated heterocycles. The Kier molecular flexibility index (Phi) is 4.42. The van der Waals surface area contributed by atoms with E-state index in [2.05, 4.69) is 17.1 Å². The van der Waals surface area contributed by atoms with Crippen LogP contribution in [0.4, 0.5) is 0 Å². The maximum absolute atomic E-state index is 5.88. The van der Waals surface area contributed by atoms with E-state index < -0.39 is 0 Å². The quantitative estimate of drug-likeness (QED) is 0.802. The molecule has 0 aliphatic rings. The van der Waals surface area contributed by atoms with E-state index in [1.165, 1.54) is 6.20 Å². The molecular weight excluding hydrogens is 223 g/mol. The monoisotopic (exact) mass is 234 g/mol. The van der Waals surface area contributed by atoms with Crippen molar-refractivity contribution in [2.45, 2.75) is 32.8 Å². The molecule has 0 saturated carbocycles. The molecule has 0 radical (unpaired) electrons. The Labute approximate surface area is 93.4 Å². The Morgan fingerprint density at radius 1 is 1.50 bits per heavy atom. The minimum atomic E-state index is 0.109. The molecular formula is C9H12Cl2N2O. The highest BCUT2D eigenvalue weighted by Gasteiger charge is 2.10. The molecule has 1 aromatic heterocycles. The standard InChI is InChI=1S/C9H12Cl2N2O/c1-3-4-6(2)14-7-5-12-13-9(11)8(7)10/h5-6H,3-4H2,1-2H3/t6-/m0/s1. The fourth-order valence-corrected chi connectivity index (χ4v) is 1.37. The molecule has 1 atom stereocenters. The van der Waals surface area contributed by atoms with E-state index in [-0.39, 0.29) is 11.3 Å². The van der Waals surface area contributed by atoms with Crippen molar-refractivity contribution in [2.24, 2.45) is 0 Å². The van der Waals surface area contributed by atoms with Gasteiger partial charge in [-0.3, -0.25) is 0 Å². The summed E-state index contributed by atoms with van der Waals surface area (Å²) in [7, 11) is 0. The molecule has 0 unspecified atom stereocenters. The van der Waals surface area contributed by atoms with Gasteiger partial charge in [0.25, 0.3) is 0 Å². The van der Waals surface area contributed by atoms with E-state index in [0.29, 0.717) is 10.8 Å². The minimum Gasteiger partial charge on any atom is -0.487 e. The molecule has 5 heteroatoms. The van der Waals surface area contributed by atoms with Crippen molar-refractivity contribution in [3.05, 3.63) is 16.4 Å². The first-order valence-electron chi connectivity index (χ1n) is 4.48. The molecule has 0 N–H and O–H groups in total. The summed E-state index contributed by atoms with van der Waals surface area (Å²) in [6.07, 6.45) is 3.61. The van der Waals surface area contributed by atoms with Crippen LogP contribution in [0.2, 0.25) is 10.2 Å². The smallest absolute Gasteiger partial charge is 0.174 e. The summed E-state index contributed by atoms with van der Waals surface area (Å²) < 4.78 is 5.55. The summed E-state index contributed by atoms with van der Waals surface area (Å²) in [6, 6.07) is 0. The van der Waals surface area contributed by atoms with Gasteiger partial charge in [0.1, 0.15) is 5.02 Å². The average Bonchev–Trinajstić information content (AvgIpc) is 2.13. The van der Waals surface area contributed by atoms with Crippen molar-refractivity contribution in [1.82, 2.24) is 10.2 Å². The van der Waals surface area contributed by atoms with Gasteiger partial charge in [0.2, 0.25) is 0 Å². The van der Waals surface area contributed by atoms with Crippen LogP contribution in [-0.2, 0) is 0 Å². The number of nitrogens with zero attached hydrogens (tertiary/aromatic N) is 2. The highest BCUT2D eigenvalue weighted by Crippen LogP contribution is 2.29. The summed E-state index contributed by atoms with van der Waals surface area (Å²) in [5, 5.41) is 7.76. The average molecular weight is 235 g/mol. The molecule has 3 nitrogen and oxygen atoms in total. The van der Waals surface area contributed by atoms with Crippen LogP contribution in [0.15, 0.2) is 6.20 Å². The summed E-state index contributed by atoms with van der Waals surface area (Å²) in [6.45, 7) is 4.08. The van der Waals surface area contributed by atoms with Crippen LogP contribution >= 0.6 is 23.2 Å². The van der Waals surface area contributed by atoms with Gasteiger partial charge in [-0.15, -0.1) is 5.10 Å². The Bertz CT molecular complexity index is 307. The molecule has 0 aromatic carbocycles. The van der Waals surface area contributed by atoms with Crippen LogP contribution in [-0.4, -0.2) is 16.3 Å². The van der Waals surface area contributed by atoms with Crippen molar-refractivity contribution >= 4 is 23.2 Å². The minimum absolute atomic E-state index is 0.109. The maximum Gasteiger partial charge on any atom is 0.174 e. The van der Waals surface area contributed by atoms with Gasteiger partial charge in [0, 0.05) is 0 Å². The van der Waals surface area contributed by atoms with E-state index in [1.807, 2.05) is 6.92 Å². The highest BCUT2D eigenvalue weighted by molar-refractivity contribution is 6.42. The highest BCUT2D eigenvalue weighted by atomic mass is 35.5. The van der Waals surface area contributed by atoms with Crippen LogP contribution in [0, 0.1) is 0 Å². The second kappa shape index (κ2) is 5.37. The number of halogens is 2. The Balaban J connectivity index is 2.71. The van der Waals surface area contributed by atoms with Gasteiger partial charge >= 0.3 is 0 Å². The fraction of sp³-hybridized carbons (Fsp3) is 0.556. The van der Waals surface area contributed by atoms with Crippen LogP contribution in [0.25, 0.3) is 0 Å². The van der Waals surface area contributed by atoms with Crippen molar-refractivity contribution in [3.8, 4) is 5.75 Å². The molecule has 78 valence electrons. The van der Waals surface area contributed by atoms with E-state index in [4.69, 9.17) is 27.9 Å². The topological polar surface area (TPSA) is 35.0 Å². The lowest BCUT2D eigenvalue weighted by molar-refractivity contribution is 0.209. The van der Waals surface area contributed by atoms with Gasteiger partial charge < -0.3 is 4.74 Å². The van der Waals surface area contributed by atoms with Gasteiger partial charge in [-0.2, -0.15) is 5.10 Å². The zero-order valence-corrected chi connectivity index (χ0v) is 9.64. The van der Waals surface area contributed by atoms with Gasteiger partial charge in [-0.05, 0) is 13.3 Å². The maximum atomic E-state index is 5.88. The molecule has 0 fully saturated rings. The van der Waals surface area contributed by atoms with Crippen LogP contribution in [0.3, 0.4) is 0 Å². The Morgan fingerprint density at radius 2 is 2.21 bits per heavy atom. The van der Waals surface area contributed by atoms with E-state index in [0.717, 1.165) is 12.8 Å². The number of aromatic nitrogens is 2. The van der Waals surface area contributed by atoms with E-state index in [9.17, 15) is 0 Å². The Hall–Kier alpha value is -0.540. The molecule has 1 heterocycles. The molecule has 1 aromatic rings. The summed E-state index contributed by atoms with van der Waals surface area (Å²) >= 11 is 11.6. The van der Waals surface area contributed by atoms with Crippen LogP contribution in [0.1, 0.15) is 26.7 Å². The first kappa shape index (κ1) is 11.5. The fourth-order valence-electron chi connectivity index (χ4n) is 1.10. The zero-order valence-electron chi connectivity index (χ0n) is 8.13. The van der Waals surface area contributed by atoms with Crippen molar-refractivity contribution in [3.63, 3.8) is 0 Å². The van der Waals surface area contributed by atoms with Gasteiger partial charge in [0.15, 0.2) is 10.9 Å². The molecule has 0 aliphatic heterocycles. The number of rotatable bonds is 4. The van der Waals surface area contributed by atoms with Gasteiger partial charge in [0.05, 0.1) is 12.3 Å². The zero-order chi connectivity index (χ0) is 10.6. The SMILES string of the molecule is CCC[C@H](C)Oc1cnnc(Cl)c1Cl. The first-order chi connectivity index (χ1) is 6.65. The lowest BCUT2D eigenvalue weighted by atomic mass is 10.2. The van der Waals surface area contributed by atoms with E-state index >= 15 is 0 Å². The third kappa shape index (κ3) is 3.00. The molecule has 0 amide bonds. The van der Waals surface area contributed by atoms with Crippen molar-refractivity contribution in [1.29, 1.82) is 0 Å². The lowest BCUT2D eigenvalue weighted by Gasteiger charge is -2.14. The summed E-state index contributed by atoms with van der Waals surface area (Å²) in [4.78, 5) is 0. The summed E-state index contributed by atoms with van der Waals surface area (Å²) in [5.41, 5.74) is 0. The lowest BCUT2D eigenvalue weighted by Crippen LogP contribution is -2.11. The molecule has 0 aliphatic carbocycles. The normalized spacial score (nSPS) is 12.6. The van der Waals surface area contributed by atoms with Crippen molar-refractivity contribution in [2.75, 3.05) is 0 Å². The van der Waals surface area contributed by atoms with Crippen LogP contribution < -0.4 is 4.74 Å². The molecule has 0 bridgehead atoms. The molecule has 1 rings (SSSR count). The number of ether oxygens (including phenoxy) is 1. The largest absolute Gasteiger partial charge is 0.487 e. The second-order valence-electron chi connectivity index (χ2n) is 3.03. The first-order valence-corrected chi connectivity index (χ1v) is 5.24. The number of hydrogen-bond acceptors (Lipinski definition) is 3. The second-order valence-corrected chi connectivity index (χ2v) is 3.77. The Morgan fingerprint density at radius 3 is 2.86 bits per heavy atom. The number of hydrogen-bond donors (Lipinski definition) is 0. The van der Waals surface area contributed by atoms with Gasteiger partial charge in [-0.25, -0.2) is 0 Å². The molecule has 0 spiro atoms. The summed E-state index contributed by atoms with van der Waals surface area (Å²) in [5.74, 6) is 0.493. The molecule has 14 heavy (non-hydrogen) atoms. The van der Waals surface area contributed by atoms with Crippen LogP contribution in [0.5, 0.6) is 5.75 Å². The third-order valence-corrected chi connectivity index (χ3v) is 2.47. The third-order valence-electron chi connectivity index (χ3n) is 1.74. The van der Waals surface area contributed by atoms with Gasteiger partial charge in [-0.1, -0.05) is 36.5 Å².